The molecule has 0 aliphatic carbocycles. The number of hydrogen-bond acceptors (Lipinski definition) is 6. The number of carbonyl (C=O) groups is 2. The molecule has 0 atom stereocenters. The Morgan fingerprint density at radius 3 is 2.75 bits per heavy atom. The number of nitrogens with one attached hydrogen (secondary N) is 1. The normalized spacial score (nSPS) is 10.2. The molecule has 2 aromatic rings. The molecule has 20 heavy (non-hydrogen) atoms. The maximum absolute atomic E-state index is 11.8. The monoisotopic (exact) mass is 293 g/mol. The van der Waals surface area contributed by atoms with Gasteiger partial charge in [-0.2, -0.15) is 0 Å². The Hall–Kier alpha value is -2.48. The van der Waals surface area contributed by atoms with Crippen LogP contribution in [0.4, 0.5) is 0 Å². The van der Waals surface area contributed by atoms with Crippen molar-refractivity contribution in [3.05, 3.63) is 39.6 Å². The van der Waals surface area contributed by atoms with Crippen LogP contribution in [0.3, 0.4) is 0 Å². The predicted octanol–water partition coefficient (Wildman–Crippen LogP) is 1.18. The second-order valence-corrected chi connectivity index (χ2v) is 5.03. The summed E-state index contributed by atoms with van der Waals surface area (Å²) < 4.78 is 0. The van der Waals surface area contributed by atoms with E-state index in [1.807, 2.05) is 0 Å². The molecular formula is C12H11N3O4S. The van der Waals surface area contributed by atoms with Crippen LogP contribution in [0.25, 0.3) is 0 Å². The standard InChI is InChI=1S/C12H11N3O4S/c1-6-10(12(18)19)20-9(15-6)5-14-11(17)7-2-8(16)4-13-3-7/h2-4,16H,5H2,1H3,(H,14,17)(H,18,19). The lowest BCUT2D eigenvalue weighted by Crippen LogP contribution is -2.22. The van der Waals surface area contributed by atoms with Crippen LogP contribution >= 0.6 is 11.3 Å². The van der Waals surface area contributed by atoms with Gasteiger partial charge in [-0.3, -0.25) is 9.78 Å². The molecule has 3 N–H and O–H groups in total. The van der Waals surface area contributed by atoms with Gasteiger partial charge in [0.05, 0.1) is 24.0 Å². The van der Waals surface area contributed by atoms with E-state index < -0.39 is 11.9 Å². The van der Waals surface area contributed by atoms with E-state index in [1.165, 1.54) is 18.5 Å². The SMILES string of the molecule is Cc1nc(CNC(=O)c2cncc(O)c2)sc1C(=O)O. The molecule has 2 heterocycles. The third-order valence-corrected chi connectivity index (χ3v) is 3.57. The molecule has 8 heteroatoms. The van der Waals surface area contributed by atoms with Gasteiger partial charge in [0, 0.05) is 6.20 Å². The van der Waals surface area contributed by atoms with Crippen molar-refractivity contribution in [3.63, 3.8) is 0 Å². The van der Waals surface area contributed by atoms with E-state index in [0.29, 0.717) is 10.7 Å². The van der Waals surface area contributed by atoms with Crippen LogP contribution in [0.15, 0.2) is 18.5 Å². The largest absolute Gasteiger partial charge is 0.506 e. The number of aromatic hydroxyl groups is 1. The average molecular weight is 293 g/mol. The highest BCUT2D eigenvalue weighted by Gasteiger charge is 2.14. The quantitative estimate of drug-likeness (QED) is 0.780. The number of thiazole rings is 1. The summed E-state index contributed by atoms with van der Waals surface area (Å²) in [7, 11) is 0. The van der Waals surface area contributed by atoms with E-state index in [1.54, 1.807) is 6.92 Å². The van der Waals surface area contributed by atoms with Gasteiger partial charge in [0.25, 0.3) is 5.91 Å². The Balaban J connectivity index is 2.04. The zero-order valence-electron chi connectivity index (χ0n) is 10.5. The first kappa shape index (κ1) is 13.9. The number of aromatic nitrogens is 2. The van der Waals surface area contributed by atoms with Crippen molar-refractivity contribution in [1.82, 2.24) is 15.3 Å². The van der Waals surface area contributed by atoms with Gasteiger partial charge in [0.1, 0.15) is 15.6 Å². The number of aromatic carboxylic acids is 1. The van der Waals surface area contributed by atoms with Crippen LogP contribution in [0.1, 0.15) is 30.7 Å². The molecule has 0 spiro atoms. The van der Waals surface area contributed by atoms with Crippen molar-refractivity contribution in [2.75, 3.05) is 0 Å². The van der Waals surface area contributed by atoms with E-state index in [9.17, 15) is 14.7 Å². The highest BCUT2D eigenvalue weighted by molar-refractivity contribution is 7.13. The minimum Gasteiger partial charge on any atom is -0.506 e. The molecule has 0 bridgehead atoms. The van der Waals surface area contributed by atoms with E-state index in [4.69, 9.17) is 5.11 Å². The van der Waals surface area contributed by atoms with Crippen molar-refractivity contribution >= 4 is 23.2 Å². The van der Waals surface area contributed by atoms with Gasteiger partial charge in [-0.25, -0.2) is 9.78 Å². The second kappa shape index (κ2) is 5.66. The molecule has 2 aromatic heterocycles. The molecule has 0 aliphatic heterocycles. The number of carboxylic acids is 1. The molecule has 0 aliphatic rings. The Morgan fingerprint density at radius 2 is 2.15 bits per heavy atom. The summed E-state index contributed by atoms with van der Waals surface area (Å²) in [5.74, 6) is -1.55. The van der Waals surface area contributed by atoms with Gasteiger partial charge in [-0.05, 0) is 13.0 Å². The molecule has 1 amide bonds. The predicted molar refractivity (Wildman–Crippen MR) is 70.9 cm³/mol. The van der Waals surface area contributed by atoms with Crippen molar-refractivity contribution < 1.29 is 19.8 Å². The summed E-state index contributed by atoms with van der Waals surface area (Å²) in [6.45, 7) is 1.72. The van der Waals surface area contributed by atoms with Crippen molar-refractivity contribution in [1.29, 1.82) is 0 Å². The molecule has 2 rings (SSSR count). The van der Waals surface area contributed by atoms with Crippen LogP contribution < -0.4 is 5.32 Å². The summed E-state index contributed by atoms with van der Waals surface area (Å²) >= 11 is 1.02. The lowest BCUT2D eigenvalue weighted by molar-refractivity contribution is 0.0701. The molecule has 0 aromatic carbocycles. The van der Waals surface area contributed by atoms with Crippen molar-refractivity contribution in [2.45, 2.75) is 13.5 Å². The minimum absolute atomic E-state index is 0.101. The Morgan fingerprint density at radius 1 is 1.40 bits per heavy atom. The number of rotatable bonds is 4. The summed E-state index contributed by atoms with van der Waals surface area (Å²) in [4.78, 5) is 30.6. The van der Waals surface area contributed by atoms with Gasteiger partial charge >= 0.3 is 5.97 Å². The highest BCUT2D eigenvalue weighted by Crippen LogP contribution is 2.18. The third kappa shape index (κ3) is 3.09. The fraction of sp³-hybridized carbons (Fsp3) is 0.167. The summed E-state index contributed by atoms with van der Waals surface area (Å²) in [5.41, 5.74) is 0.641. The minimum atomic E-state index is -1.03. The fourth-order valence-corrected chi connectivity index (χ4v) is 2.38. The molecule has 104 valence electrons. The maximum atomic E-state index is 11.8. The van der Waals surface area contributed by atoms with E-state index in [0.717, 1.165) is 11.3 Å². The molecule has 7 nitrogen and oxygen atoms in total. The number of pyridine rings is 1. The van der Waals surface area contributed by atoms with E-state index in [2.05, 4.69) is 15.3 Å². The van der Waals surface area contributed by atoms with E-state index in [-0.39, 0.29) is 22.7 Å². The number of carboxylic acid groups (broad SMARTS) is 1. The van der Waals surface area contributed by atoms with Crippen LogP contribution in [0.5, 0.6) is 5.75 Å². The number of carbonyl (C=O) groups excluding carboxylic acids is 1. The molecule has 0 unspecified atom stereocenters. The van der Waals surface area contributed by atoms with Crippen LogP contribution in [0.2, 0.25) is 0 Å². The van der Waals surface area contributed by atoms with Gasteiger partial charge in [0.2, 0.25) is 0 Å². The number of hydrogen-bond donors (Lipinski definition) is 3. The first-order valence-corrected chi connectivity index (χ1v) is 6.41. The molecule has 0 saturated heterocycles. The molecular weight excluding hydrogens is 282 g/mol. The second-order valence-electron chi connectivity index (χ2n) is 3.94. The Bertz CT molecular complexity index is 668. The van der Waals surface area contributed by atoms with Gasteiger partial charge in [-0.1, -0.05) is 0 Å². The molecule has 0 radical (unpaired) electrons. The maximum Gasteiger partial charge on any atom is 0.347 e. The van der Waals surface area contributed by atoms with Crippen LogP contribution in [-0.4, -0.2) is 32.1 Å². The number of aryl methyl sites for hydroxylation is 1. The van der Waals surface area contributed by atoms with E-state index >= 15 is 0 Å². The lowest BCUT2D eigenvalue weighted by Gasteiger charge is -2.02. The Kier molecular flexibility index (Phi) is 3.94. The Labute approximate surface area is 117 Å². The van der Waals surface area contributed by atoms with Crippen molar-refractivity contribution in [3.8, 4) is 5.75 Å². The fourth-order valence-electron chi connectivity index (χ4n) is 1.54. The summed E-state index contributed by atoms with van der Waals surface area (Å²) in [5, 5.41) is 21.2. The first-order valence-electron chi connectivity index (χ1n) is 5.59. The average Bonchev–Trinajstić information content (AvgIpc) is 2.77. The highest BCUT2D eigenvalue weighted by atomic mass is 32.1. The van der Waals surface area contributed by atoms with Crippen LogP contribution in [0, 0.1) is 6.92 Å². The zero-order chi connectivity index (χ0) is 14.7. The van der Waals surface area contributed by atoms with Crippen LogP contribution in [-0.2, 0) is 6.54 Å². The summed E-state index contributed by atoms with van der Waals surface area (Å²) in [6.07, 6.45) is 2.55. The summed E-state index contributed by atoms with van der Waals surface area (Å²) in [6, 6.07) is 1.29. The number of amides is 1. The molecule has 0 saturated carbocycles. The van der Waals surface area contributed by atoms with Gasteiger partial charge < -0.3 is 15.5 Å². The first-order chi connectivity index (χ1) is 9.47. The van der Waals surface area contributed by atoms with Gasteiger partial charge in [-0.15, -0.1) is 11.3 Å². The number of nitrogens with zero attached hydrogens (tertiary/aromatic N) is 2. The third-order valence-electron chi connectivity index (χ3n) is 2.42. The topological polar surface area (TPSA) is 112 Å². The van der Waals surface area contributed by atoms with Crippen molar-refractivity contribution in [2.24, 2.45) is 0 Å². The lowest BCUT2D eigenvalue weighted by atomic mass is 10.2. The molecule has 0 fully saturated rings. The van der Waals surface area contributed by atoms with Gasteiger partial charge in [0.15, 0.2) is 0 Å². The smallest absolute Gasteiger partial charge is 0.347 e. The zero-order valence-corrected chi connectivity index (χ0v) is 11.3.